The Morgan fingerprint density at radius 3 is 2.84 bits per heavy atom. The first-order valence-corrected chi connectivity index (χ1v) is 9.25. The Balaban J connectivity index is 1.68. The van der Waals surface area contributed by atoms with Crippen LogP contribution in [-0.4, -0.2) is 52.9 Å². The molecule has 1 aliphatic rings. The van der Waals surface area contributed by atoms with Crippen LogP contribution in [0.3, 0.4) is 0 Å². The van der Waals surface area contributed by atoms with Crippen LogP contribution in [-0.2, 0) is 0 Å². The predicted octanol–water partition coefficient (Wildman–Crippen LogP) is 3.14. The zero-order valence-corrected chi connectivity index (χ0v) is 15.3. The summed E-state index contributed by atoms with van der Waals surface area (Å²) in [7, 11) is 1.76. The van der Waals surface area contributed by atoms with Gasteiger partial charge in [0.15, 0.2) is 0 Å². The van der Waals surface area contributed by atoms with Crippen molar-refractivity contribution in [1.29, 1.82) is 0 Å². The summed E-state index contributed by atoms with van der Waals surface area (Å²) in [5.74, 6) is 0.139. The summed E-state index contributed by atoms with van der Waals surface area (Å²) >= 11 is 1.45. The van der Waals surface area contributed by atoms with Crippen molar-refractivity contribution in [3.63, 3.8) is 0 Å². The number of likely N-dealkylation sites (tertiary alicyclic amines) is 1. The molecule has 1 aliphatic heterocycles. The van der Waals surface area contributed by atoms with Gasteiger partial charge in [0.2, 0.25) is 0 Å². The molecule has 0 saturated carbocycles. The number of phenolic OH excluding ortho intramolecular Hbond substituents is 1. The molecule has 2 aromatic rings. The number of aromatic hydroxyl groups is 1. The van der Waals surface area contributed by atoms with Crippen molar-refractivity contribution >= 4 is 23.2 Å². The van der Waals surface area contributed by atoms with Gasteiger partial charge in [-0.2, -0.15) is 0 Å². The van der Waals surface area contributed by atoms with E-state index >= 15 is 0 Å². The van der Waals surface area contributed by atoms with Gasteiger partial charge in [-0.15, -0.1) is 11.3 Å². The number of amides is 2. The monoisotopic (exact) mass is 358 g/mol. The number of benzene rings is 1. The van der Waals surface area contributed by atoms with Gasteiger partial charge < -0.3 is 14.9 Å². The Hall–Kier alpha value is -2.34. The van der Waals surface area contributed by atoms with E-state index in [0.29, 0.717) is 17.7 Å². The fourth-order valence-corrected chi connectivity index (χ4v) is 3.92. The molecule has 5 nitrogen and oxygen atoms in total. The summed E-state index contributed by atoms with van der Waals surface area (Å²) in [6.07, 6.45) is 1.87. The molecule has 0 bridgehead atoms. The number of carbonyl (C=O) groups is 2. The van der Waals surface area contributed by atoms with Crippen LogP contribution in [0.15, 0.2) is 35.7 Å². The van der Waals surface area contributed by atoms with Crippen LogP contribution in [0.1, 0.15) is 38.4 Å². The van der Waals surface area contributed by atoms with E-state index in [0.717, 1.165) is 24.3 Å². The summed E-state index contributed by atoms with van der Waals surface area (Å²) in [4.78, 5) is 29.6. The third kappa shape index (κ3) is 3.69. The summed E-state index contributed by atoms with van der Waals surface area (Å²) in [6, 6.07) is 8.63. The number of carbonyl (C=O) groups excluding carboxylic acids is 2. The van der Waals surface area contributed by atoms with Gasteiger partial charge in [0.25, 0.3) is 11.8 Å². The fourth-order valence-electron chi connectivity index (χ4n) is 3.24. The van der Waals surface area contributed by atoms with Gasteiger partial charge in [-0.3, -0.25) is 9.59 Å². The third-order valence-corrected chi connectivity index (χ3v) is 5.50. The zero-order valence-electron chi connectivity index (χ0n) is 14.4. The highest BCUT2D eigenvalue weighted by atomic mass is 32.1. The predicted molar refractivity (Wildman–Crippen MR) is 98.2 cm³/mol. The van der Waals surface area contributed by atoms with Crippen LogP contribution in [0.5, 0.6) is 5.75 Å². The van der Waals surface area contributed by atoms with Crippen molar-refractivity contribution in [1.82, 2.24) is 9.80 Å². The largest absolute Gasteiger partial charge is 0.508 e. The van der Waals surface area contributed by atoms with Crippen LogP contribution in [0.2, 0.25) is 0 Å². The van der Waals surface area contributed by atoms with Crippen molar-refractivity contribution in [2.45, 2.75) is 25.8 Å². The molecule has 0 radical (unpaired) electrons. The van der Waals surface area contributed by atoms with Crippen LogP contribution < -0.4 is 0 Å². The minimum absolute atomic E-state index is 0.0433. The van der Waals surface area contributed by atoms with E-state index in [4.69, 9.17) is 0 Å². The van der Waals surface area contributed by atoms with E-state index < -0.39 is 0 Å². The maximum Gasteiger partial charge on any atom is 0.264 e. The van der Waals surface area contributed by atoms with Gasteiger partial charge >= 0.3 is 0 Å². The summed E-state index contributed by atoms with van der Waals surface area (Å²) in [6.45, 7) is 3.02. The Bertz CT molecular complexity index is 773. The Morgan fingerprint density at radius 2 is 2.16 bits per heavy atom. The van der Waals surface area contributed by atoms with Gasteiger partial charge in [0.05, 0.1) is 4.88 Å². The van der Waals surface area contributed by atoms with Crippen molar-refractivity contribution in [3.05, 3.63) is 51.7 Å². The molecule has 1 saturated heterocycles. The molecule has 132 valence electrons. The first-order valence-electron chi connectivity index (χ1n) is 8.37. The first kappa shape index (κ1) is 17.5. The quantitative estimate of drug-likeness (QED) is 0.913. The summed E-state index contributed by atoms with van der Waals surface area (Å²) in [5.41, 5.74) is 1.22. The van der Waals surface area contributed by atoms with Crippen LogP contribution in [0.4, 0.5) is 0 Å². The van der Waals surface area contributed by atoms with Crippen molar-refractivity contribution < 1.29 is 14.7 Å². The first-order chi connectivity index (χ1) is 12.0. The van der Waals surface area contributed by atoms with E-state index in [2.05, 4.69) is 0 Å². The maximum absolute atomic E-state index is 12.6. The topological polar surface area (TPSA) is 60.9 Å². The minimum Gasteiger partial charge on any atom is -0.508 e. The Labute approximate surface area is 151 Å². The maximum atomic E-state index is 12.6. The molecule has 1 atom stereocenters. The molecule has 1 unspecified atom stereocenters. The van der Waals surface area contributed by atoms with Crippen LogP contribution in [0.25, 0.3) is 0 Å². The highest BCUT2D eigenvalue weighted by Crippen LogP contribution is 2.23. The lowest BCUT2D eigenvalue weighted by Crippen LogP contribution is -2.43. The van der Waals surface area contributed by atoms with Crippen LogP contribution in [0, 0.1) is 6.92 Å². The minimum atomic E-state index is -0.0986. The highest BCUT2D eigenvalue weighted by molar-refractivity contribution is 7.12. The molecule has 1 fully saturated rings. The molecule has 2 amide bonds. The normalized spacial score (nSPS) is 16.9. The number of hydrogen-bond acceptors (Lipinski definition) is 4. The fraction of sp³-hybridized carbons (Fsp3) is 0.368. The molecule has 3 rings (SSSR count). The number of aryl methyl sites for hydroxylation is 1. The standard InChI is InChI=1S/C19H22N2O3S/c1-13-11-14(7-8-16(13)22)18(23)20(2)12-15-5-3-9-21(15)19(24)17-6-4-10-25-17/h4,6-8,10-11,15,22H,3,5,9,12H2,1-2H3. The molecule has 1 aromatic carbocycles. The lowest BCUT2D eigenvalue weighted by atomic mass is 10.1. The highest BCUT2D eigenvalue weighted by Gasteiger charge is 2.31. The molecule has 6 heteroatoms. The average molecular weight is 358 g/mol. The van der Waals surface area contributed by atoms with E-state index in [1.165, 1.54) is 11.3 Å². The zero-order chi connectivity index (χ0) is 18.0. The Kier molecular flexibility index (Phi) is 5.08. The lowest BCUT2D eigenvalue weighted by Gasteiger charge is -2.28. The van der Waals surface area contributed by atoms with Gasteiger partial charge in [-0.1, -0.05) is 6.07 Å². The van der Waals surface area contributed by atoms with E-state index in [1.54, 1.807) is 37.1 Å². The number of likely N-dealkylation sites (N-methyl/N-ethyl adjacent to an activating group) is 1. The second kappa shape index (κ2) is 7.27. The summed E-state index contributed by atoms with van der Waals surface area (Å²) < 4.78 is 0. The molecular formula is C19H22N2O3S. The number of rotatable bonds is 4. The van der Waals surface area contributed by atoms with Gasteiger partial charge in [-0.25, -0.2) is 0 Å². The SMILES string of the molecule is Cc1cc(C(=O)N(C)CC2CCCN2C(=O)c2cccs2)ccc1O. The van der Waals surface area contributed by atoms with Crippen molar-refractivity contribution in [3.8, 4) is 5.75 Å². The van der Waals surface area contributed by atoms with E-state index in [-0.39, 0.29) is 23.6 Å². The molecular weight excluding hydrogens is 336 g/mol. The van der Waals surface area contributed by atoms with Crippen LogP contribution >= 0.6 is 11.3 Å². The number of phenols is 1. The smallest absolute Gasteiger partial charge is 0.264 e. The number of hydrogen-bond donors (Lipinski definition) is 1. The van der Waals surface area contributed by atoms with Gasteiger partial charge in [0, 0.05) is 31.7 Å². The molecule has 0 spiro atoms. The second-order valence-corrected chi connectivity index (χ2v) is 7.41. The van der Waals surface area contributed by atoms with Gasteiger partial charge in [-0.05, 0) is 55.0 Å². The van der Waals surface area contributed by atoms with E-state index in [1.807, 2.05) is 22.4 Å². The average Bonchev–Trinajstić information content (AvgIpc) is 3.27. The lowest BCUT2D eigenvalue weighted by molar-refractivity contribution is 0.0652. The molecule has 1 N–H and O–H groups in total. The van der Waals surface area contributed by atoms with Crippen molar-refractivity contribution in [2.75, 3.05) is 20.1 Å². The molecule has 2 heterocycles. The van der Waals surface area contributed by atoms with Gasteiger partial charge in [0.1, 0.15) is 5.75 Å². The summed E-state index contributed by atoms with van der Waals surface area (Å²) in [5, 5.41) is 11.5. The van der Waals surface area contributed by atoms with E-state index in [9.17, 15) is 14.7 Å². The Morgan fingerprint density at radius 1 is 1.36 bits per heavy atom. The molecule has 25 heavy (non-hydrogen) atoms. The third-order valence-electron chi connectivity index (χ3n) is 4.65. The molecule has 1 aromatic heterocycles. The number of thiophene rings is 1. The number of nitrogens with zero attached hydrogens (tertiary/aromatic N) is 2. The second-order valence-electron chi connectivity index (χ2n) is 6.46. The molecule has 0 aliphatic carbocycles. The van der Waals surface area contributed by atoms with Crippen molar-refractivity contribution in [2.24, 2.45) is 0 Å².